The first-order valence-corrected chi connectivity index (χ1v) is 11.0. The molecule has 0 spiro atoms. The SMILES string of the molecule is CCCCc1cc(OCC)cc(Cc2cc(OCC)cc(CCCC)c2O)c1O. The molecule has 0 saturated carbocycles. The number of benzene rings is 2. The van der Waals surface area contributed by atoms with Crippen LogP contribution in [0.5, 0.6) is 23.0 Å². The van der Waals surface area contributed by atoms with Gasteiger partial charge in [-0.3, -0.25) is 0 Å². The van der Waals surface area contributed by atoms with Gasteiger partial charge in [0.1, 0.15) is 23.0 Å². The third-order valence-corrected chi connectivity index (χ3v) is 5.08. The van der Waals surface area contributed by atoms with E-state index in [1.165, 1.54) is 0 Å². The third kappa shape index (κ3) is 6.31. The van der Waals surface area contributed by atoms with Crippen LogP contribution in [0.3, 0.4) is 0 Å². The van der Waals surface area contributed by atoms with Crippen molar-refractivity contribution in [1.29, 1.82) is 0 Å². The van der Waals surface area contributed by atoms with E-state index in [2.05, 4.69) is 13.8 Å². The molecule has 0 amide bonds. The second kappa shape index (κ2) is 11.6. The normalized spacial score (nSPS) is 10.9. The van der Waals surface area contributed by atoms with Crippen LogP contribution in [-0.2, 0) is 19.3 Å². The summed E-state index contributed by atoms with van der Waals surface area (Å²) >= 11 is 0. The Morgan fingerprint density at radius 1 is 0.621 bits per heavy atom. The first-order chi connectivity index (χ1) is 14.0. The molecule has 29 heavy (non-hydrogen) atoms. The molecule has 0 aliphatic carbocycles. The van der Waals surface area contributed by atoms with Gasteiger partial charge in [-0.1, -0.05) is 26.7 Å². The topological polar surface area (TPSA) is 58.9 Å². The fraction of sp³-hybridized carbons (Fsp3) is 0.520. The molecule has 2 N–H and O–H groups in total. The average molecular weight is 401 g/mol. The van der Waals surface area contributed by atoms with E-state index in [1.807, 2.05) is 38.1 Å². The fourth-order valence-electron chi connectivity index (χ4n) is 3.55. The number of phenolic OH excluding ortho intramolecular Hbond substituents is 2. The van der Waals surface area contributed by atoms with E-state index in [9.17, 15) is 10.2 Å². The van der Waals surface area contributed by atoms with Crippen molar-refractivity contribution in [1.82, 2.24) is 0 Å². The zero-order valence-corrected chi connectivity index (χ0v) is 18.4. The molecule has 160 valence electrons. The molecule has 0 aliphatic heterocycles. The molecule has 4 heteroatoms. The van der Waals surface area contributed by atoms with Crippen LogP contribution in [0.1, 0.15) is 75.6 Å². The van der Waals surface area contributed by atoms with Crippen LogP contribution in [0.4, 0.5) is 0 Å². The van der Waals surface area contributed by atoms with Gasteiger partial charge in [-0.15, -0.1) is 0 Å². The van der Waals surface area contributed by atoms with Crippen molar-refractivity contribution in [3.05, 3.63) is 46.5 Å². The van der Waals surface area contributed by atoms with Crippen molar-refractivity contribution in [3.63, 3.8) is 0 Å². The van der Waals surface area contributed by atoms with Gasteiger partial charge in [-0.25, -0.2) is 0 Å². The Morgan fingerprint density at radius 2 is 1.00 bits per heavy atom. The number of hydrogen-bond acceptors (Lipinski definition) is 4. The van der Waals surface area contributed by atoms with Gasteiger partial charge >= 0.3 is 0 Å². The van der Waals surface area contributed by atoms with E-state index >= 15 is 0 Å². The van der Waals surface area contributed by atoms with Crippen LogP contribution in [0, 0.1) is 0 Å². The summed E-state index contributed by atoms with van der Waals surface area (Å²) in [7, 11) is 0. The lowest BCUT2D eigenvalue weighted by Crippen LogP contribution is -2.01. The second-order valence-corrected chi connectivity index (χ2v) is 7.43. The van der Waals surface area contributed by atoms with Crippen LogP contribution in [0.2, 0.25) is 0 Å². The summed E-state index contributed by atoms with van der Waals surface area (Å²) in [5.74, 6) is 2.13. The van der Waals surface area contributed by atoms with Gasteiger partial charge in [0.2, 0.25) is 0 Å². The number of aryl methyl sites for hydroxylation is 2. The highest BCUT2D eigenvalue weighted by Crippen LogP contribution is 2.36. The summed E-state index contributed by atoms with van der Waals surface area (Å²) in [5.41, 5.74) is 3.35. The van der Waals surface area contributed by atoms with Crippen LogP contribution in [0.15, 0.2) is 24.3 Å². The van der Waals surface area contributed by atoms with Crippen molar-refractivity contribution < 1.29 is 19.7 Å². The first-order valence-electron chi connectivity index (χ1n) is 11.0. The van der Waals surface area contributed by atoms with Gasteiger partial charge in [-0.05, 0) is 74.9 Å². The molecule has 0 saturated heterocycles. The number of unbranched alkanes of at least 4 members (excludes halogenated alkanes) is 2. The van der Waals surface area contributed by atoms with Crippen molar-refractivity contribution >= 4 is 0 Å². The van der Waals surface area contributed by atoms with E-state index < -0.39 is 0 Å². The summed E-state index contributed by atoms with van der Waals surface area (Å²) in [6.07, 6.45) is 6.19. The van der Waals surface area contributed by atoms with Gasteiger partial charge in [0.15, 0.2) is 0 Å². The average Bonchev–Trinajstić information content (AvgIpc) is 2.70. The largest absolute Gasteiger partial charge is 0.507 e. The molecular weight excluding hydrogens is 364 g/mol. The molecule has 0 atom stereocenters. The Kier molecular flexibility index (Phi) is 9.17. The summed E-state index contributed by atoms with van der Waals surface area (Å²) in [4.78, 5) is 0. The molecule has 0 aliphatic rings. The summed E-state index contributed by atoms with van der Waals surface area (Å²) in [6, 6.07) is 7.63. The molecule has 0 fully saturated rings. The predicted molar refractivity (Wildman–Crippen MR) is 119 cm³/mol. The Labute approximate surface area is 175 Å². The summed E-state index contributed by atoms with van der Waals surface area (Å²) in [6.45, 7) is 9.33. The Bertz CT molecular complexity index is 717. The van der Waals surface area contributed by atoms with Crippen molar-refractivity contribution in [2.24, 2.45) is 0 Å². The van der Waals surface area contributed by atoms with E-state index in [-0.39, 0.29) is 0 Å². The van der Waals surface area contributed by atoms with Gasteiger partial charge in [-0.2, -0.15) is 0 Å². The zero-order chi connectivity index (χ0) is 21.2. The van der Waals surface area contributed by atoms with Crippen molar-refractivity contribution in [2.75, 3.05) is 13.2 Å². The van der Waals surface area contributed by atoms with Crippen LogP contribution in [-0.4, -0.2) is 23.4 Å². The van der Waals surface area contributed by atoms with Crippen LogP contribution in [0.25, 0.3) is 0 Å². The van der Waals surface area contributed by atoms with Crippen molar-refractivity contribution in [2.45, 2.75) is 72.6 Å². The maximum atomic E-state index is 10.9. The number of phenols is 2. The highest BCUT2D eigenvalue weighted by molar-refractivity contribution is 5.53. The van der Waals surface area contributed by atoms with Crippen LogP contribution >= 0.6 is 0 Å². The molecule has 0 bridgehead atoms. The molecular formula is C25H36O4. The maximum absolute atomic E-state index is 10.9. The van der Waals surface area contributed by atoms with E-state index in [4.69, 9.17) is 9.47 Å². The van der Waals surface area contributed by atoms with Gasteiger partial charge in [0.25, 0.3) is 0 Å². The number of rotatable bonds is 12. The summed E-state index contributed by atoms with van der Waals surface area (Å²) in [5, 5.41) is 21.8. The molecule has 2 aromatic rings. The Morgan fingerprint density at radius 3 is 1.34 bits per heavy atom. The molecule has 2 aromatic carbocycles. The third-order valence-electron chi connectivity index (χ3n) is 5.08. The minimum atomic E-state index is 0.304. The monoisotopic (exact) mass is 400 g/mol. The lowest BCUT2D eigenvalue weighted by Gasteiger charge is -2.16. The maximum Gasteiger partial charge on any atom is 0.122 e. The summed E-state index contributed by atoms with van der Waals surface area (Å²) < 4.78 is 11.5. The van der Waals surface area contributed by atoms with E-state index in [1.54, 1.807) is 0 Å². The smallest absolute Gasteiger partial charge is 0.122 e. The minimum absolute atomic E-state index is 0.304. The lowest BCUT2D eigenvalue weighted by atomic mass is 9.95. The molecule has 0 heterocycles. The second-order valence-electron chi connectivity index (χ2n) is 7.43. The van der Waals surface area contributed by atoms with Gasteiger partial charge in [0, 0.05) is 17.5 Å². The lowest BCUT2D eigenvalue weighted by molar-refractivity contribution is 0.337. The first kappa shape index (κ1) is 22.9. The molecule has 0 unspecified atom stereocenters. The molecule has 0 aromatic heterocycles. The number of ether oxygens (including phenoxy) is 2. The number of hydrogen-bond donors (Lipinski definition) is 2. The van der Waals surface area contributed by atoms with Crippen molar-refractivity contribution in [3.8, 4) is 23.0 Å². The standard InChI is InChI=1S/C25H36O4/c1-5-9-11-18-14-22(28-7-3)16-20(24(18)26)13-21-17-23(29-8-4)15-19(25(21)27)12-10-6-2/h14-17,26-27H,5-13H2,1-4H3. The number of aromatic hydroxyl groups is 2. The van der Waals surface area contributed by atoms with E-state index in [0.29, 0.717) is 31.1 Å². The highest BCUT2D eigenvalue weighted by atomic mass is 16.5. The quantitative estimate of drug-likeness (QED) is 0.447. The zero-order valence-electron chi connectivity index (χ0n) is 18.4. The molecule has 0 radical (unpaired) electrons. The van der Waals surface area contributed by atoms with Gasteiger partial charge in [0.05, 0.1) is 13.2 Å². The van der Waals surface area contributed by atoms with E-state index in [0.717, 1.165) is 72.3 Å². The Balaban J connectivity index is 2.45. The molecule has 4 nitrogen and oxygen atoms in total. The highest BCUT2D eigenvalue weighted by Gasteiger charge is 2.16. The predicted octanol–water partition coefficient (Wildman–Crippen LogP) is 6.17. The Hall–Kier alpha value is -2.36. The van der Waals surface area contributed by atoms with Crippen LogP contribution < -0.4 is 9.47 Å². The van der Waals surface area contributed by atoms with Gasteiger partial charge < -0.3 is 19.7 Å². The minimum Gasteiger partial charge on any atom is -0.507 e. The fourth-order valence-corrected chi connectivity index (χ4v) is 3.55. The molecule has 2 rings (SSSR count).